The van der Waals surface area contributed by atoms with Gasteiger partial charge in [0, 0.05) is 36.2 Å². The van der Waals surface area contributed by atoms with Crippen molar-refractivity contribution in [2.75, 3.05) is 19.6 Å². The van der Waals surface area contributed by atoms with Crippen LogP contribution in [0, 0.1) is 11.8 Å². The lowest BCUT2D eigenvalue weighted by molar-refractivity contribution is 0.0311. The Kier molecular flexibility index (Phi) is 4.67. The van der Waals surface area contributed by atoms with E-state index < -0.39 is 0 Å². The number of piperidine rings is 1. The van der Waals surface area contributed by atoms with Crippen LogP contribution < -0.4 is 5.32 Å². The van der Waals surface area contributed by atoms with Crippen LogP contribution >= 0.6 is 15.9 Å². The van der Waals surface area contributed by atoms with Crippen LogP contribution in [0.1, 0.15) is 33.1 Å². The van der Waals surface area contributed by atoms with Gasteiger partial charge in [0.25, 0.3) is 0 Å². The summed E-state index contributed by atoms with van der Waals surface area (Å²) in [7, 11) is 0. The van der Waals surface area contributed by atoms with Gasteiger partial charge in [0.15, 0.2) is 0 Å². The van der Waals surface area contributed by atoms with Gasteiger partial charge >= 0.3 is 0 Å². The third-order valence-electron chi connectivity index (χ3n) is 4.36. The summed E-state index contributed by atoms with van der Waals surface area (Å²) in [6, 6.07) is 1.42. The van der Waals surface area contributed by atoms with E-state index in [1.165, 1.54) is 32.4 Å². The summed E-state index contributed by atoms with van der Waals surface area (Å²) >= 11 is 3.45. The van der Waals surface area contributed by atoms with E-state index in [-0.39, 0.29) is 0 Å². The van der Waals surface area contributed by atoms with Gasteiger partial charge in [-0.3, -0.25) is 0 Å². The molecule has 17 heavy (non-hydrogen) atoms. The second kappa shape index (κ2) is 5.85. The van der Waals surface area contributed by atoms with Gasteiger partial charge in [-0.1, -0.05) is 28.9 Å². The van der Waals surface area contributed by atoms with Crippen molar-refractivity contribution in [3.8, 4) is 0 Å². The maximum Gasteiger partial charge on any atom is 0.0268 e. The van der Waals surface area contributed by atoms with Crippen LogP contribution in [0.5, 0.6) is 0 Å². The van der Waals surface area contributed by atoms with Crippen LogP contribution in [0.25, 0.3) is 0 Å². The molecule has 1 saturated heterocycles. The van der Waals surface area contributed by atoms with E-state index in [0.29, 0.717) is 12.1 Å². The minimum atomic E-state index is 0.699. The summed E-state index contributed by atoms with van der Waals surface area (Å²) in [6.07, 6.45) is 4.22. The molecule has 98 valence electrons. The molecule has 0 aromatic carbocycles. The van der Waals surface area contributed by atoms with Gasteiger partial charge < -0.3 is 10.2 Å². The van der Waals surface area contributed by atoms with Crippen LogP contribution in [0.3, 0.4) is 0 Å². The monoisotopic (exact) mass is 300 g/mol. The number of hydrogen-bond acceptors (Lipinski definition) is 2. The molecule has 0 aromatic heterocycles. The highest BCUT2D eigenvalue weighted by Crippen LogP contribution is 2.35. The molecule has 2 nitrogen and oxygen atoms in total. The minimum absolute atomic E-state index is 0.699. The van der Waals surface area contributed by atoms with Gasteiger partial charge in [0.05, 0.1) is 0 Å². The number of fused-ring (bicyclic) bond motifs is 2. The van der Waals surface area contributed by atoms with Gasteiger partial charge in [0.1, 0.15) is 0 Å². The van der Waals surface area contributed by atoms with Crippen LogP contribution in [0.2, 0.25) is 0 Å². The van der Waals surface area contributed by atoms with Crippen molar-refractivity contribution in [3.05, 3.63) is 11.1 Å². The summed E-state index contributed by atoms with van der Waals surface area (Å²) in [5.41, 5.74) is 0. The van der Waals surface area contributed by atoms with E-state index in [0.717, 1.165) is 22.9 Å². The number of halogens is 1. The molecule has 1 aliphatic heterocycles. The molecule has 0 spiro atoms. The molecule has 2 fully saturated rings. The van der Waals surface area contributed by atoms with Gasteiger partial charge in [0.2, 0.25) is 0 Å². The van der Waals surface area contributed by atoms with Crippen LogP contribution in [-0.4, -0.2) is 36.6 Å². The molecule has 0 amide bonds. The number of nitrogens with zero attached hydrogens (tertiary/aromatic N) is 1. The Morgan fingerprint density at radius 1 is 1.35 bits per heavy atom. The van der Waals surface area contributed by atoms with Crippen molar-refractivity contribution in [2.24, 2.45) is 11.8 Å². The molecular formula is C14H25BrN2. The highest BCUT2D eigenvalue weighted by atomic mass is 79.9. The lowest BCUT2D eigenvalue weighted by Gasteiger charge is -2.49. The van der Waals surface area contributed by atoms with Crippen molar-refractivity contribution in [3.63, 3.8) is 0 Å². The summed E-state index contributed by atoms with van der Waals surface area (Å²) < 4.78 is 1.07. The molecular weight excluding hydrogens is 276 g/mol. The molecule has 2 aliphatic rings. The van der Waals surface area contributed by atoms with E-state index in [1.54, 1.807) is 0 Å². The first-order valence-corrected chi connectivity index (χ1v) is 7.68. The van der Waals surface area contributed by atoms with E-state index in [4.69, 9.17) is 0 Å². The summed E-state index contributed by atoms with van der Waals surface area (Å²) in [5.74, 6) is 1.69. The molecule has 2 rings (SSSR count). The molecule has 2 unspecified atom stereocenters. The van der Waals surface area contributed by atoms with Crippen molar-refractivity contribution >= 4 is 15.9 Å². The largest absolute Gasteiger partial charge is 0.309 e. The van der Waals surface area contributed by atoms with Gasteiger partial charge in [-0.15, -0.1) is 0 Å². The van der Waals surface area contributed by atoms with Crippen molar-refractivity contribution in [1.82, 2.24) is 10.2 Å². The molecule has 2 atom stereocenters. The van der Waals surface area contributed by atoms with E-state index >= 15 is 0 Å². The Labute approximate surface area is 114 Å². The predicted octanol–water partition coefficient (Wildman–Crippen LogP) is 2.99. The average Bonchev–Trinajstić information content (AvgIpc) is 2.24. The second-order valence-corrected chi connectivity index (χ2v) is 7.04. The van der Waals surface area contributed by atoms with Crippen molar-refractivity contribution < 1.29 is 0 Å². The quantitative estimate of drug-likeness (QED) is 0.859. The number of nitrogens with one attached hydrogen (secondary N) is 1. The zero-order chi connectivity index (χ0) is 12.4. The van der Waals surface area contributed by atoms with E-state index in [2.05, 4.69) is 46.6 Å². The Morgan fingerprint density at radius 2 is 1.94 bits per heavy atom. The first kappa shape index (κ1) is 13.6. The second-order valence-electron chi connectivity index (χ2n) is 5.92. The summed E-state index contributed by atoms with van der Waals surface area (Å²) in [6.45, 7) is 12.0. The van der Waals surface area contributed by atoms with Gasteiger partial charge in [-0.25, -0.2) is 0 Å². The standard InChI is InChI=1S/C14H25BrN2/c1-10(2)17-8-12-5-4-6-13(9-17)14(12)16-7-11(3)15/h10,12-14,16H,3-9H2,1-2H3. The Bertz CT molecular complexity index is 263. The Morgan fingerprint density at radius 3 is 2.41 bits per heavy atom. The lowest BCUT2D eigenvalue weighted by atomic mass is 9.73. The molecule has 0 radical (unpaired) electrons. The number of rotatable bonds is 4. The third-order valence-corrected chi connectivity index (χ3v) is 4.64. The maximum atomic E-state index is 3.92. The predicted molar refractivity (Wildman–Crippen MR) is 77.4 cm³/mol. The molecule has 1 heterocycles. The molecule has 2 bridgehead atoms. The average molecular weight is 301 g/mol. The lowest BCUT2D eigenvalue weighted by Crippen LogP contribution is -2.58. The number of likely N-dealkylation sites (tertiary alicyclic amines) is 1. The number of hydrogen-bond donors (Lipinski definition) is 1. The smallest absolute Gasteiger partial charge is 0.0268 e. The maximum absolute atomic E-state index is 3.92. The Balaban J connectivity index is 1.97. The van der Waals surface area contributed by atoms with Crippen molar-refractivity contribution in [1.29, 1.82) is 0 Å². The third kappa shape index (κ3) is 3.33. The highest BCUT2D eigenvalue weighted by Gasteiger charge is 2.39. The molecule has 0 aromatic rings. The first-order valence-electron chi connectivity index (χ1n) is 6.88. The normalized spacial score (nSPS) is 34.0. The Hall–Kier alpha value is 0.140. The van der Waals surface area contributed by atoms with Gasteiger partial charge in [-0.05, 0) is 38.5 Å². The van der Waals surface area contributed by atoms with E-state index in [9.17, 15) is 0 Å². The molecule has 3 heteroatoms. The van der Waals surface area contributed by atoms with Crippen LogP contribution in [0.15, 0.2) is 11.1 Å². The fourth-order valence-electron chi connectivity index (χ4n) is 3.46. The topological polar surface area (TPSA) is 15.3 Å². The fourth-order valence-corrected chi connectivity index (χ4v) is 3.62. The zero-order valence-electron chi connectivity index (χ0n) is 11.1. The molecule has 1 N–H and O–H groups in total. The van der Waals surface area contributed by atoms with Crippen molar-refractivity contribution in [2.45, 2.75) is 45.2 Å². The van der Waals surface area contributed by atoms with Crippen LogP contribution in [-0.2, 0) is 0 Å². The summed E-state index contributed by atoms with van der Waals surface area (Å²) in [5, 5.41) is 3.71. The van der Waals surface area contributed by atoms with Gasteiger partial charge in [-0.2, -0.15) is 0 Å². The van der Waals surface area contributed by atoms with E-state index in [1.807, 2.05) is 0 Å². The fraction of sp³-hybridized carbons (Fsp3) is 0.857. The molecule has 1 aliphatic carbocycles. The summed E-state index contributed by atoms with van der Waals surface area (Å²) in [4.78, 5) is 2.66. The highest BCUT2D eigenvalue weighted by molar-refractivity contribution is 9.11. The first-order chi connectivity index (χ1) is 8.08. The van der Waals surface area contributed by atoms with Crippen LogP contribution in [0.4, 0.5) is 0 Å². The minimum Gasteiger partial charge on any atom is -0.309 e. The molecule has 1 saturated carbocycles. The SMILES string of the molecule is C=C(Br)CNC1C2CCCC1CN(C(C)C)C2. The zero-order valence-corrected chi connectivity index (χ0v) is 12.7.